The average Bonchev–Trinajstić information content (AvgIpc) is 2.44. The van der Waals surface area contributed by atoms with Crippen LogP contribution in [0.4, 0.5) is 14.0 Å². The van der Waals surface area contributed by atoms with Crippen molar-refractivity contribution in [2.75, 3.05) is 6.54 Å². The molecule has 1 aliphatic heterocycles. The molecule has 7 heteroatoms. The van der Waals surface area contributed by atoms with Crippen LogP contribution < -0.4 is 10.6 Å². The molecule has 0 aliphatic carbocycles. The van der Waals surface area contributed by atoms with Gasteiger partial charge in [0.25, 0.3) is 0 Å². The van der Waals surface area contributed by atoms with Crippen molar-refractivity contribution in [3.05, 3.63) is 0 Å². The smallest absolute Gasteiger partial charge is 0.375 e. The SMILES string of the molecule is O=C(F)NCCCCC1NC(=O)OC1=O. The van der Waals surface area contributed by atoms with Gasteiger partial charge in [0, 0.05) is 6.54 Å². The second kappa shape index (κ2) is 5.28. The van der Waals surface area contributed by atoms with Gasteiger partial charge in [-0.25, -0.2) is 14.4 Å². The summed E-state index contributed by atoms with van der Waals surface area (Å²) >= 11 is 0. The van der Waals surface area contributed by atoms with Crippen molar-refractivity contribution in [3.8, 4) is 0 Å². The van der Waals surface area contributed by atoms with E-state index in [4.69, 9.17) is 0 Å². The standard InChI is InChI=1S/C8H11FN2O4/c9-7(13)10-4-2-1-3-5-6(12)15-8(14)11-5/h5H,1-4H2,(H,10,13)(H,11,14). The highest BCUT2D eigenvalue weighted by Gasteiger charge is 2.31. The fourth-order valence-electron chi connectivity index (χ4n) is 1.24. The normalized spacial score (nSPS) is 19.7. The number of unbranched alkanes of at least 4 members (excludes halogenated alkanes) is 1. The van der Waals surface area contributed by atoms with Crippen molar-refractivity contribution in [2.24, 2.45) is 0 Å². The third-order valence-electron chi connectivity index (χ3n) is 1.95. The molecule has 0 saturated carbocycles. The molecule has 1 saturated heterocycles. The first kappa shape index (κ1) is 11.4. The van der Waals surface area contributed by atoms with Gasteiger partial charge in [0.15, 0.2) is 0 Å². The Kier molecular flexibility index (Phi) is 4.02. The summed E-state index contributed by atoms with van der Waals surface area (Å²) in [7, 11) is 0. The lowest BCUT2D eigenvalue weighted by Gasteiger charge is -2.04. The number of alkyl carbamates (subject to hydrolysis) is 1. The highest BCUT2D eigenvalue weighted by molar-refractivity contribution is 5.95. The fraction of sp³-hybridized carbons (Fsp3) is 0.625. The number of rotatable bonds is 5. The van der Waals surface area contributed by atoms with Crippen molar-refractivity contribution in [1.82, 2.24) is 10.6 Å². The maximum atomic E-state index is 11.7. The lowest BCUT2D eigenvalue weighted by atomic mass is 10.1. The number of ether oxygens (including phenoxy) is 1. The number of amides is 2. The zero-order valence-electron chi connectivity index (χ0n) is 7.92. The van der Waals surface area contributed by atoms with Crippen LogP contribution in [-0.2, 0) is 9.53 Å². The van der Waals surface area contributed by atoms with E-state index in [-0.39, 0.29) is 6.54 Å². The molecule has 1 heterocycles. The Morgan fingerprint density at radius 1 is 1.47 bits per heavy atom. The minimum Gasteiger partial charge on any atom is -0.375 e. The zero-order chi connectivity index (χ0) is 11.3. The van der Waals surface area contributed by atoms with Gasteiger partial charge in [0.1, 0.15) is 6.04 Å². The molecule has 0 aromatic heterocycles. The van der Waals surface area contributed by atoms with Gasteiger partial charge in [-0.15, -0.1) is 4.39 Å². The average molecular weight is 218 g/mol. The van der Waals surface area contributed by atoms with E-state index in [0.29, 0.717) is 19.3 Å². The molecule has 0 spiro atoms. The maximum absolute atomic E-state index is 11.7. The monoisotopic (exact) mass is 218 g/mol. The first-order valence-electron chi connectivity index (χ1n) is 4.55. The van der Waals surface area contributed by atoms with Crippen LogP contribution in [0, 0.1) is 0 Å². The predicted molar refractivity (Wildman–Crippen MR) is 46.8 cm³/mol. The number of hydrogen-bond acceptors (Lipinski definition) is 4. The topological polar surface area (TPSA) is 84.5 Å². The van der Waals surface area contributed by atoms with Crippen molar-refractivity contribution >= 4 is 18.2 Å². The molecule has 1 unspecified atom stereocenters. The second-order valence-corrected chi connectivity index (χ2v) is 3.10. The summed E-state index contributed by atoms with van der Waals surface area (Å²) in [5, 5.41) is 4.31. The number of carbonyl (C=O) groups excluding carboxylic acids is 3. The molecule has 1 aliphatic rings. The molecule has 2 N–H and O–H groups in total. The molecule has 0 aromatic carbocycles. The van der Waals surface area contributed by atoms with Crippen LogP contribution in [0.5, 0.6) is 0 Å². The lowest BCUT2D eigenvalue weighted by Crippen LogP contribution is -2.28. The first-order chi connectivity index (χ1) is 7.09. The molecule has 6 nitrogen and oxygen atoms in total. The van der Waals surface area contributed by atoms with Gasteiger partial charge in [0.2, 0.25) is 0 Å². The molecule has 84 valence electrons. The van der Waals surface area contributed by atoms with Gasteiger partial charge in [-0.2, -0.15) is 0 Å². The Morgan fingerprint density at radius 3 is 2.73 bits per heavy atom. The number of carbonyl (C=O) groups is 3. The van der Waals surface area contributed by atoms with E-state index < -0.39 is 24.3 Å². The van der Waals surface area contributed by atoms with Crippen molar-refractivity contribution in [3.63, 3.8) is 0 Å². The quantitative estimate of drug-likeness (QED) is 0.231. The van der Waals surface area contributed by atoms with Crippen molar-refractivity contribution in [1.29, 1.82) is 0 Å². The maximum Gasteiger partial charge on any atom is 0.415 e. The van der Waals surface area contributed by atoms with Gasteiger partial charge < -0.3 is 15.4 Å². The van der Waals surface area contributed by atoms with Crippen LogP contribution in [0.1, 0.15) is 19.3 Å². The summed E-state index contributed by atoms with van der Waals surface area (Å²) < 4.78 is 15.9. The summed E-state index contributed by atoms with van der Waals surface area (Å²) in [6.45, 7) is 0.213. The van der Waals surface area contributed by atoms with E-state index in [1.165, 1.54) is 0 Å². The van der Waals surface area contributed by atoms with Gasteiger partial charge >= 0.3 is 18.2 Å². The van der Waals surface area contributed by atoms with Crippen LogP contribution in [0.25, 0.3) is 0 Å². The van der Waals surface area contributed by atoms with Crippen LogP contribution >= 0.6 is 0 Å². The Morgan fingerprint density at radius 2 is 2.20 bits per heavy atom. The van der Waals surface area contributed by atoms with E-state index in [1.807, 2.05) is 5.32 Å². The number of halogens is 1. The molecule has 1 atom stereocenters. The van der Waals surface area contributed by atoms with Crippen molar-refractivity contribution in [2.45, 2.75) is 25.3 Å². The third kappa shape index (κ3) is 3.92. The largest absolute Gasteiger partial charge is 0.415 e. The molecule has 15 heavy (non-hydrogen) atoms. The summed E-state index contributed by atoms with van der Waals surface area (Å²) in [6, 6.07) is -0.612. The Hall–Kier alpha value is -1.66. The van der Waals surface area contributed by atoms with Crippen LogP contribution in [0.2, 0.25) is 0 Å². The van der Waals surface area contributed by atoms with E-state index in [2.05, 4.69) is 10.1 Å². The fourth-order valence-corrected chi connectivity index (χ4v) is 1.24. The number of hydrogen-bond donors (Lipinski definition) is 2. The van der Waals surface area contributed by atoms with Gasteiger partial charge in [-0.3, -0.25) is 0 Å². The summed E-state index contributed by atoms with van der Waals surface area (Å²) in [6.07, 6.45) is -0.756. The number of esters is 1. The van der Waals surface area contributed by atoms with Crippen LogP contribution in [0.3, 0.4) is 0 Å². The molecule has 0 aromatic rings. The first-order valence-corrected chi connectivity index (χ1v) is 4.55. The van der Waals surface area contributed by atoms with Crippen LogP contribution in [-0.4, -0.2) is 30.8 Å². The van der Waals surface area contributed by atoms with E-state index >= 15 is 0 Å². The van der Waals surface area contributed by atoms with Gasteiger partial charge in [-0.1, -0.05) is 0 Å². The molecule has 0 bridgehead atoms. The minimum absolute atomic E-state index is 0.213. The second-order valence-electron chi connectivity index (χ2n) is 3.10. The molecule has 0 radical (unpaired) electrons. The summed E-state index contributed by atoms with van der Waals surface area (Å²) in [5.74, 6) is -0.588. The molecule has 1 rings (SSSR count). The summed E-state index contributed by atoms with van der Waals surface area (Å²) in [5.41, 5.74) is 0. The Labute approximate surface area is 85.2 Å². The van der Waals surface area contributed by atoms with E-state index in [1.54, 1.807) is 0 Å². The van der Waals surface area contributed by atoms with Gasteiger partial charge in [-0.05, 0) is 19.3 Å². The minimum atomic E-state index is -1.57. The van der Waals surface area contributed by atoms with Crippen LogP contribution in [0.15, 0.2) is 0 Å². The number of cyclic esters (lactones) is 2. The molecular formula is C8H11FN2O4. The number of nitrogens with one attached hydrogen (secondary N) is 2. The Balaban J connectivity index is 2.08. The molecule has 2 amide bonds. The highest BCUT2D eigenvalue weighted by atomic mass is 19.1. The molecule has 1 fully saturated rings. The predicted octanol–water partition coefficient (Wildman–Crippen LogP) is 0.471. The summed E-state index contributed by atoms with van der Waals surface area (Å²) in [4.78, 5) is 31.4. The van der Waals surface area contributed by atoms with E-state index in [9.17, 15) is 18.8 Å². The molecular weight excluding hydrogens is 207 g/mol. The van der Waals surface area contributed by atoms with Gasteiger partial charge in [0.05, 0.1) is 0 Å². The van der Waals surface area contributed by atoms with Crippen molar-refractivity contribution < 1.29 is 23.5 Å². The lowest BCUT2D eigenvalue weighted by molar-refractivity contribution is -0.135. The zero-order valence-corrected chi connectivity index (χ0v) is 7.92. The Bertz CT molecular complexity index is 282. The van der Waals surface area contributed by atoms with E-state index in [0.717, 1.165) is 0 Å². The third-order valence-corrected chi connectivity index (χ3v) is 1.95. The highest BCUT2D eigenvalue weighted by Crippen LogP contribution is 2.08.